The number of anilines is 1. The molecule has 9 heteroatoms. The van der Waals surface area contributed by atoms with Crippen LogP contribution in [0.2, 0.25) is 5.02 Å². The Hall–Kier alpha value is -2.03. The van der Waals surface area contributed by atoms with Gasteiger partial charge in [0.25, 0.3) is 5.56 Å². The van der Waals surface area contributed by atoms with Crippen LogP contribution in [0.5, 0.6) is 5.75 Å². The van der Waals surface area contributed by atoms with Gasteiger partial charge in [-0.05, 0) is 62.8 Å². The van der Waals surface area contributed by atoms with Gasteiger partial charge in [0.1, 0.15) is 10.6 Å². The number of thioether (sulfide) groups is 1. The zero-order valence-electron chi connectivity index (χ0n) is 18.4. The molecule has 1 aromatic carbocycles. The first-order valence-corrected chi connectivity index (χ1v) is 12.9. The van der Waals surface area contributed by atoms with Crippen molar-refractivity contribution in [2.75, 3.05) is 18.2 Å². The minimum Gasteiger partial charge on any atom is -0.495 e. The SMILES string of the molecule is CC[C@H](C)n1c(SCC(=O)Nc2cc(Cl)ccc2OC)nc2sc3c(c2c1=O)CCCC3. The molecule has 0 aliphatic heterocycles. The summed E-state index contributed by atoms with van der Waals surface area (Å²) >= 11 is 8.97. The molecule has 1 aliphatic rings. The lowest BCUT2D eigenvalue weighted by molar-refractivity contribution is -0.113. The Morgan fingerprint density at radius 3 is 2.91 bits per heavy atom. The number of rotatable bonds is 7. The first-order chi connectivity index (χ1) is 15.4. The molecule has 3 aromatic rings. The Kier molecular flexibility index (Phi) is 7.12. The van der Waals surface area contributed by atoms with Crippen molar-refractivity contribution in [1.29, 1.82) is 0 Å². The second-order valence-electron chi connectivity index (χ2n) is 7.90. The number of hydrogen-bond acceptors (Lipinski definition) is 6. The summed E-state index contributed by atoms with van der Waals surface area (Å²) in [4.78, 5) is 33.1. The van der Waals surface area contributed by atoms with Crippen molar-refractivity contribution in [2.24, 2.45) is 0 Å². The third-order valence-electron chi connectivity index (χ3n) is 5.79. The number of nitrogens with one attached hydrogen (secondary N) is 1. The van der Waals surface area contributed by atoms with Crippen LogP contribution < -0.4 is 15.6 Å². The first kappa shape index (κ1) is 23.1. The number of carbonyl (C=O) groups excluding carboxylic acids is 1. The van der Waals surface area contributed by atoms with Crippen molar-refractivity contribution in [3.05, 3.63) is 44.0 Å². The number of aromatic nitrogens is 2. The molecule has 1 aliphatic carbocycles. The van der Waals surface area contributed by atoms with Gasteiger partial charge in [0, 0.05) is 15.9 Å². The molecule has 170 valence electrons. The van der Waals surface area contributed by atoms with Crippen LogP contribution in [-0.4, -0.2) is 28.3 Å². The molecule has 1 N–H and O–H groups in total. The van der Waals surface area contributed by atoms with E-state index >= 15 is 0 Å². The molecule has 1 atom stereocenters. The lowest BCUT2D eigenvalue weighted by Crippen LogP contribution is -2.27. The summed E-state index contributed by atoms with van der Waals surface area (Å²) < 4.78 is 7.06. The highest BCUT2D eigenvalue weighted by molar-refractivity contribution is 7.99. The maximum Gasteiger partial charge on any atom is 0.263 e. The summed E-state index contributed by atoms with van der Waals surface area (Å²) in [6, 6.07) is 5.06. The molecule has 0 unspecified atom stereocenters. The maximum absolute atomic E-state index is 13.5. The molecular weight excluding hydrogens is 466 g/mol. The van der Waals surface area contributed by atoms with Crippen LogP contribution in [0, 0.1) is 0 Å². The molecule has 4 rings (SSSR count). The first-order valence-electron chi connectivity index (χ1n) is 10.8. The minimum atomic E-state index is -0.217. The van der Waals surface area contributed by atoms with E-state index in [-0.39, 0.29) is 23.3 Å². The van der Waals surface area contributed by atoms with Crippen LogP contribution in [0.1, 0.15) is 49.6 Å². The number of fused-ring (bicyclic) bond motifs is 3. The van der Waals surface area contributed by atoms with Gasteiger partial charge in [-0.3, -0.25) is 14.2 Å². The number of nitrogens with zero attached hydrogens (tertiary/aromatic N) is 2. The fourth-order valence-corrected chi connectivity index (χ4v) is 6.34. The molecule has 1 amide bonds. The fraction of sp³-hybridized carbons (Fsp3) is 0.435. The number of ether oxygens (including phenoxy) is 1. The highest BCUT2D eigenvalue weighted by Gasteiger charge is 2.24. The molecule has 0 bridgehead atoms. The fourth-order valence-electron chi connectivity index (χ4n) is 3.97. The summed E-state index contributed by atoms with van der Waals surface area (Å²) in [6.07, 6.45) is 5.05. The predicted octanol–water partition coefficient (Wildman–Crippen LogP) is 5.70. The highest BCUT2D eigenvalue weighted by Crippen LogP contribution is 2.35. The number of halogens is 1. The molecule has 0 saturated heterocycles. The van der Waals surface area contributed by atoms with Crippen LogP contribution in [-0.2, 0) is 17.6 Å². The van der Waals surface area contributed by atoms with E-state index in [1.807, 2.05) is 6.92 Å². The van der Waals surface area contributed by atoms with Gasteiger partial charge in [0.2, 0.25) is 5.91 Å². The van der Waals surface area contributed by atoms with E-state index in [9.17, 15) is 9.59 Å². The zero-order valence-corrected chi connectivity index (χ0v) is 20.8. The summed E-state index contributed by atoms with van der Waals surface area (Å²) in [6.45, 7) is 4.08. The average molecular weight is 492 g/mol. The minimum absolute atomic E-state index is 0.00266. The zero-order chi connectivity index (χ0) is 22.8. The van der Waals surface area contributed by atoms with Gasteiger partial charge in [-0.1, -0.05) is 30.3 Å². The van der Waals surface area contributed by atoms with Crippen molar-refractivity contribution in [3.63, 3.8) is 0 Å². The normalized spacial score (nSPS) is 14.2. The lowest BCUT2D eigenvalue weighted by Gasteiger charge is -2.18. The molecule has 0 fully saturated rings. The number of amides is 1. The summed E-state index contributed by atoms with van der Waals surface area (Å²) in [5.41, 5.74) is 1.72. The van der Waals surface area contributed by atoms with Crippen LogP contribution >= 0.6 is 34.7 Å². The topological polar surface area (TPSA) is 73.2 Å². The Balaban J connectivity index is 1.63. The molecule has 6 nitrogen and oxygen atoms in total. The molecule has 0 spiro atoms. The van der Waals surface area contributed by atoms with Crippen molar-refractivity contribution in [1.82, 2.24) is 9.55 Å². The second kappa shape index (κ2) is 9.85. The van der Waals surface area contributed by atoms with Gasteiger partial charge in [-0.2, -0.15) is 0 Å². The van der Waals surface area contributed by atoms with E-state index in [0.29, 0.717) is 21.6 Å². The van der Waals surface area contributed by atoms with Crippen molar-refractivity contribution < 1.29 is 9.53 Å². The van der Waals surface area contributed by atoms with E-state index in [4.69, 9.17) is 21.3 Å². The third-order valence-corrected chi connectivity index (χ3v) is 8.16. The summed E-state index contributed by atoms with van der Waals surface area (Å²) in [7, 11) is 1.54. The van der Waals surface area contributed by atoms with E-state index < -0.39 is 0 Å². The third kappa shape index (κ3) is 4.54. The largest absolute Gasteiger partial charge is 0.495 e. The monoisotopic (exact) mass is 491 g/mol. The van der Waals surface area contributed by atoms with Gasteiger partial charge in [-0.25, -0.2) is 4.98 Å². The van der Waals surface area contributed by atoms with Gasteiger partial charge in [0.15, 0.2) is 5.16 Å². The van der Waals surface area contributed by atoms with Crippen molar-refractivity contribution in [3.8, 4) is 5.75 Å². The molecule has 32 heavy (non-hydrogen) atoms. The van der Waals surface area contributed by atoms with E-state index in [2.05, 4.69) is 12.2 Å². The molecule has 0 saturated carbocycles. The van der Waals surface area contributed by atoms with Gasteiger partial charge in [-0.15, -0.1) is 11.3 Å². The van der Waals surface area contributed by atoms with Crippen LogP contribution in [0.4, 0.5) is 5.69 Å². The van der Waals surface area contributed by atoms with Gasteiger partial charge >= 0.3 is 0 Å². The smallest absolute Gasteiger partial charge is 0.263 e. The molecule has 2 aromatic heterocycles. The molecule has 2 heterocycles. The Morgan fingerprint density at radius 2 is 2.16 bits per heavy atom. The van der Waals surface area contributed by atoms with Gasteiger partial charge < -0.3 is 10.1 Å². The number of thiophene rings is 1. The number of aryl methyl sites for hydroxylation is 2. The molecular formula is C23H26ClN3O3S2. The standard InChI is InChI=1S/C23H26ClN3O3S2/c1-4-13(2)27-22(29)20-15-7-5-6-8-18(15)32-21(20)26-23(27)31-12-19(28)25-16-11-14(24)9-10-17(16)30-3/h9-11,13H,4-8,12H2,1-3H3,(H,25,28)/t13-/m0/s1. The van der Waals surface area contributed by atoms with E-state index in [1.54, 1.807) is 34.1 Å². The molecule has 0 radical (unpaired) electrons. The Morgan fingerprint density at radius 1 is 1.38 bits per heavy atom. The predicted molar refractivity (Wildman–Crippen MR) is 133 cm³/mol. The summed E-state index contributed by atoms with van der Waals surface area (Å²) in [5.74, 6) is 0.439. The van der Waals surface area contributed by atoms with E-state index in [1.165, 1.54) is 29.3 Å². The number of benzene rings is 1. The average Bonchev–Trinajstić information content (AvgIpc) is 3.16. The highest BCUT2D eigenvalue weighted by atomic mass is 35.5. The van der Waals surface area contributed by atoms with E-state index in [0.717, 1.165) is 42.3 Å². The second-order valence-corrected chi connectivity index (χ2v) is 10.4. The lowest BCUT2D eigenvalue weighted by atomic mass is 9.97. The number of carbonyl (C=O) groups is 1. The Labute approximate surface area is 200 Å². The number of methoxy groups -OCH3 is 1. The maximum atomic E-state index is 13.5. The van der Waals surface area contributed by atoms with Crippen molar-refractivity contribution >= 4 is 56.5 Å². The summed E-state index contributed by atoms with van der Waals surface area (Å²) in [5, 5.41) is 4.72. The Bertz CT molecular complexity index is 1220. The number of hydrogen-bond donors (Lipinski definition) is 1. The van der Waals surface area contributed by atoms with Crippen LogP contribution in [0.15, 0.2) is 28.2 Å². The van der Waals surface area contributed by atoms with Gasteiger partial charge in [0.05, 0.1) is 23.9 Å². The van der Waals surface area contributed by atoms with Crippen LogP contribution in [0.25, 0.3) is 10.2 Å². The van der Waals surface area contributed by atoms with Crippen LogP contribution in [0.3, 0.4) is 0 Å². The van der Waals surface area contributed by atoms with Crippen molar-refractivity contribution in [2.45, 2.75) is 57.1 Å². The quantitative estimate of drug-likeness (QED) is 0.339.